The second-order valence-corrected chi connectivity index (χ2v) is 8.49. The van der Waals surface area contributed by atoms with Crippen LogP contribution in [-0.2, 0) is 5.75 Å². The van der Waals surface area contributed by atoms with Crippen molar-refractivity contribution in [1.29, 1.82) is 0 Å². The fraction of sp³-hybridized carbons (Fsp3) is 0.190. The highest BCUT2D eigenvalue weighted by Crippen LogP contribution is 2.43. The van der Waals surface area contributed by atoms with Gasteiger partial charge in [-0.1, -0.05) is 17.8 Å². The molecule has 0 aliphatic rings. The number of methoxy groups -OCH3 is 2. The van der Waals surface area contributed by atoms with Crippen LogP contribution in [0.25, 0.3) is 21.3 Å². The van der Waals surface area contributed by atoms with Gasteiger partial charge in [0, 0.05) is 10.4 Å². The first-order chi connectivity index (χ1) is 14.5. The molecule has 9 heteroatoms. The lowest BCUT2D eigenvalue weighted by Crippen LogP contribution is -1.92. The van der Waals surface area contributed by atoms with Crippen LogP contribution < -0.4 is 9.47 Å². The van der Waals surface area contributed by atoms with Gasteiger partial charge >= 0.3 is 5.97 Å². The zero-order valence-electron chi connectivity index (χ0n) is 16.5. The van der Waals surface area contributed by atoms with Crippen molar-refractivity contribution in [1.82, 2.24) is 9.97 Å². The smallest absolute Gasteiger partial charge is 0.371 e. The van der Waals surface area contributed by atoms with E-state index in [1.807, 2.05) is 18.2 Å². The summed E-state index contributed by atoms with van der Waals surface area (Å²) in [7, 11) is 3.22. The van der Waals surface area contributed by atoms with Crippen LogP contribution in [0.4, 0.5) is 0 Å². The summed E-state index contributed by atoms with van der Waals surface area (Å²) < 4.78 is 16.2. The van der Waals surface area contributed by atoms with Crippen molar-refractivity contribution in [3.05, 3.63) is 53.1 Å². The maximum absolute atomic E-state index is 11.0. The van der Waals surface area contributed by atoms with E-state index in [4.69, 9.17) is 19.0 Å². The number of carboxylic acid groups (broad SMARTS) is 1. The van der Waals surface area contributed by atoms with Gasteiger partial charge in [-0.25, -0.2) is 14.8 Å². The number of thioether (sulfide) groups is 1. The third-order valence-corrected chi connectivity index (χ3v) is 6.55. The molecular weight excluding hydrogens is 424 g/mol. The highest BCUT2D eigenvalue weighted by Gasteiger charge is 2.19. The van der Waals surface area contributed by atoms with Gasteiger partial charge in [0.05, 0.1) is 25.4 Å². The Hall–Kier alpha value is -3.04. The number of nitrogens with zero attached hydrogens (tertiary/aromatic N) is 2. The molecule has 0 saturated heterocycles. The molecule has 4 aromatic rings. The number of aromatic carboxylic acids is 1. The maximum atomic E-state index is 11.0. The summed E-state index contributed by atoms with van der Waals surface area (Å²) in [6.07, 6.45) is 1.55. The van der Waals surface area contributed by atoms with Gasteiger partial charge < -0.3 is 19.0 Å². The van der Waals surface area contributed by atoms with E-state index in [0.717, 1.165) is 31.2 Å². The fourth-order valence-electron chi connectivity index (χ4n) is 3.18. The molecule has 0 atom stereocenters. The summed E-state index contributed by atoms with van der Waals surface area (Å²) in [5, 5.41) is 10.8. The van der Waals surface area contributed by atoms with Crippen molar-refractivity contribution < 1.29 is 23.8 Å². The van der Waals surface area contributed by atoms with Crippen LogP contribution >= 0.6 is 23.1 Å². The first kappa shape index (κ1) is 20.2. The lowest BCUT2D eigenvalue weighted by atomic mass is 10.0. The van der Waals surface area contributed by atoms with E-state index in [1.54, 1.807) is 38.0 Å². The highest BCUT2D eigenvalue weighted by atomic mass is 32.2. The second-order valence-electron chi connectivity index (χ2n) is 6.32. The number of aryl methyl sites for hydroxylation is 1. The van der Waals surface area contributed by atoms with Gasteiger partial charge in [-0.2, -0.15) is 0 Å². The van der Waals surface area contributed by atoms with E-state index in [1.165, 1.54) is 17.8 Å². The Bertz CT molecular complexity index is 1230. The molecule has 3 heterocycles. The Balaban J connectivity index is 1.74. The standard InChI is InChI=1S/C21H18N2O5S2/c1-11-17(12-4-6-14(26-2)16(8-12)27-3)18-19(22-10-23-20(18)30-11)29-9-13-5-7-15(28-13)21(24)25/h4-8,10H,9H2,1-3H3,(H,24,25). The third-order valence-electron chi connectivity index (χ3n) is 4.53. The number of rotatable bonds is 7. The second kappa shape index (κ2) is 8.37. The number of ether oxygens (including phenoxy) is 2. The van der Waals surface area contributed by atoms with Crippen molar-refractivity contribution in [2.75, 3.05) is 14.2 Å². The van der Waals surface area contributed by atoms with Crippen LogP contribution in [0, 0.1) is 6.92 Å². The van der Waals surface area contributed by atoms with E-state index >= 15 is 0 Å². The average molecular weight is 443 g/mol. The molecule has 0 saturated carbocycles. The topological polar surface area (TPSA) is 94.7 Å². The number of fused-ring (bicyclic) bond motifs is 1. The van der Waals surface area contributed by atoms with Crippen LogP contribution in [0.3, 0.4) is 0 Å². The number of thiophene rings is 1. The predicted molar refractivity (Wildman–Crippen MR) is 116 cm³/mol. The minimum atomic E-state index is -1.08. The fourth-order valence-corrected chi connectivity index (χ4v) is 5.15. The van der Waals surface area contributed by atoms with Crippen molar-refractivity contribution in [3.8, 4) is 22.6 Å². The number of carbonyl (C=O) groups is 1. The molecule has 1 N–H and O–H groups in total. The molecule has 0 spiro atoms. The van der Waals surface area contributed by atoms with Crippen LogP contribution in [0.2, 0.25) is 0 Å². The third kappa shape index (κ3) is 3.73. The summed E-state index contributed by atoms with van der Waals surface area (Å²) in [5.74, 6) is 1.19. The monoisotopic (exact) mass is 442 g/mol. The largest absolute Gasteiger partial charge is 0.493 e. The molecule has 0 fully saturated rings. The zero-order chi connectivity index (χ0) is 21.3. The van der Waals surface area contributed by atoms with Crippen LogP contribution in [0.1, 0.15) is 21.2 Å². The molecule has 0 bridgehead atoms. The van der Waals surface area contributed by atoms with E-state index in [-0.39, 0.29) is 5.76 Å². The highest BCUT2D eigenvalue weighted by molar-refractivity contribution is 7.98. The maximum Gasteiger partial charge on any atom is 0.371 e. The lowest BCUT2D eigenvalue weighted by molar-refractivity contribution is 0.0661. The Kier molecular flexibility index (Phi) is 5.65. The normalized spacial score (nSPS) is 11.0. The van der Waals surface area contributed by atoms with Gasteiger partial charge in [-0.3, -0.25) is 0 Å². The Labute approximate surface area is 180 Å². The zero-order valence-corrected chi connectivity index (χ0v) is 18.1. The van der Waals surface area contributed by atoms with E-state index in [9.17, 15) is 4.79 Å². The van der Waals surface area contributed by atoms with E-state index < -0.39 is 5.97 Å². The first-order valence-electron chi connectivity index (χ1n) is 8.93. The molecular formula is C21H18N2O5S2. The molecule has 0 aliphatic carbocycles. The first-order valence-corrected chi connectivity index (χ1v) is 10.7. The molecule has 1 aromatic carbocycles. The molecule has 4 rings (SSSR count). The molecule has 0 unspecified atom stereocenters. The van der Waals surface area contributed by atoms with Crippen molar-refractivity contribution in [2.24, 2.45) is 0 Å². The molecule has 30 heavy (non-hydrogen) atoms. The number of furan rings is 1. The lowest BCUT2D eigenvalue weighted by Gasteiger charge is -2.11. The Morgan fingerprint density at radius 2 is 1.97 bits per heavy atom. The van der Waals surface area contributed by atoms with E-state index in [0.29, 0.717) is 23.0 Å². The van der Waals surface area contributed by atoms with Crippen LogP contribution in [0.5, 0.6) is 11.5 Å². The predicted octanol–water partition coefficient (Wildman–Crippen LogP) is 5.27. The number of aromatic nitrogens is 2. The molecule has 154 valence electrons. The molecule has 0 amide bonds. The van der Waals surface area contributed by atoms with Crippen LogP contribution in [0.15, 0.2) is 46.1 Å². The Morgan fingerprint density at radius 3 is 2.67 bits per heavy atom. The Morgan fingerprint density at radius 1 is 1.17 bits per heavy atom. The summed E-state index contributed by atoms with van der Waals surface area (Å²) in [5.41, 5.74) is 2.03. The number of hydrogen-bond donors (Lipinski definition) is 1. The van der Waals surface area contributed by atoms with Gasteiger partial charge in [-0.15, -0.1) is 11.3 Å². The quantitative estimate of drug-likeness (QED) is 0.306. The molecule has 0 aliphatic heterocycles. The van der Waals surface area contributed by atoms with Gasteiger partial charge in [0.2, 0.25) is 5.76 Å². The molecule has 7 nitrogen and oxygen atoms in total. The van der Waals surface area contributed by atoms with E-state index in [2.05, 4.69) is 16.9 Å². The minimum absolute atomic E-state index is 0.0733. The van der Waals surface area contributed by atoms with Gasteiger partial charge in [0.25, 0.3) is 0 Å². The van der Waals surface area contributed by atoms with Crippen molar-refractivity contribution in [2.45, 2.75) is 17.7 Å². The number of hydrogen-bond acceptors (Lipinski definition) is 8. The van der Waals surface area contributed by atoms with Gasteiger partial charge in [0.15, 0.2) is 11.5 Å². The summed E-state index contributed by atoms with van der Waals surface area (Å²) in [4.78, 5) is 22.0. The van der Waals surface area contributed by atoms with Crippen LogP contribution in [-0.4, -0.2) is 35.3 Å². The van der Waals surface area contributed by atoms with Crippen molar-refractivity contribution in [3.63, 3.8) is 0 Å². The SMILES string of the molecule is COc1ccc(-c2c(C)sc3ncnc(SCc4ccc(C(=O)O)o4)c23)cc1OC. The minimum Gasteiger partial charge on any atom is -0.493 e. The summed E-state index contributed by atoms with van der Waals surface area (Å²) >= 11 is 3.08. The van der Waals surface area contributed by atoms with Gasteiger partial charge in [-0.05, 0) is 36.8 Å². The summed E-state index contributed by atoms with van der Waals surface area (Å²) in [6, 6.07) is 8.94. The van der Waals surface area contributed by atoms with Gasteiger partial charge in [0.1, 0.15) is 21.9 Å². The molecule has 0 radical (unpaired) electrons. The summed E-state index contributed by atoms with van der Waals surface area (Å²) in [6.45, 7) is 2.05. The van der Waals surface area contributed by atoms with Crippen molar-refractivity contribution >= 4 is 39.3 Å². The average Bonchev–Trinajstić information content (AvgIpc) is 3.36. The number of benzene rings is 1. The number of carboxylic acids is 1. The molecule has 3 aromatic heterocycles.